The van der Waals surface area contributed by atoms with Gasteiger partial charge >= 0.3 is 0 Å². The van der Waals surface area contributed by atoms with Crippen molar-refractivity contribution in [1.82, 2.24) is 19.9 Å². The van der Waals surface area contributed by atoms with E-state index in [-0.39, 0.29) is 5.91 Å². The van der Waals surface area contributed by atoms with Crippen LogP contribution in [0.3, 0.4) is 0 Å². The van der Waals surface area contributed by atoms with Crippen molar-refractivity contribution in [2.75, 3.05) is 0 Å². The van der Waals surface area contributed by atoms with Gasteiger partial charge in [0, 0.05) is 12.6 Å². The molecule has 0 atom stereocenters. The smallest absolute Gasteiger partial charge is 0.220 e. The predicted octanol–water partition coefficient (Wildman–Crippen LogP) is 2.32. The Morgan fingerprint density at radius 3 is 2.95 bits per heavy atom. The zero-order chi connectivity index (χ0) is 13.8. The van der Waals surface area contributed by atoms with Crippen molar-refractivity contribution in [2.45, 2.75) is 45.1 Å². The standard InChI is InChI=1S/C15H20N4O/c20-15(10-12-6-2-1-3-7-12)16-11-14-18-17-13-8-4-5-9-19(13)14/h4-5,8-9,12H,1-3,6-7,10-11H2,(H,16,20). The predicted molar refractivity (Wildman–Crippen MR) is 76.0 cm³/mol. The van der Waals surface area contributed by atoms with E-state index in [1.807, 2.05) is 28.8 Å². The fourth-order valence-corrected chi connectivity index (χ4v) is 2.91. The Hall–Kier alpha value is -1.91. The number of nitrogens with one attached hydrogen (secondary N) is 1. The highest BCUT2D eigenvalue weighted by molar-refractivity contribution is 5.76. The fraction of sp³-hybridized carbons (Fsp3) is 0.533. The molecule has 3 rings (SSSR count). The number of carbonyl (C=O) groups excluding carboxylic acids is 1. The highest BCUT2D eigenvalue weighted by Gasteiger charge is 2.17. The van der Waals surface area contributed by atoms with Gasteiger partial charge in [0.25, 0.3) is 0 Å². The van der Waals surface area contributed by atoms with E-state index in [1.165, 1.54) is 32.1 Å². The first-order chi connectivity index (χ1) is 9.83. The maximum Gasteiger partial charge on any atom is 0.220 e. The maximum absolute atomic E-state index is 12.0. The molecule has 20 heavy (non-hydrogen) atoms. The van der Waals surface area contributed by atoms with Crippen LogP contribution in [0.2, 0.25) is 0 Å². The van der Waals surface area contributed by atoms with E-state index >= 15 is 0 Å². The van der Waals surface area contributed by atoms with Gasteiger partial charge in [-0.1, -0.05) is 25.3 Å². The summed E-state index contributed by atoms with van der Waals surface area (Å²) in [5, 5.41) is 11.1. The van der Waals surface area contributed by atoms with E-state index in [0.717, 1.165) is 11.5 Å². The van der Waals surface area contributed by atoms with E-state index in [0.29, 0.717) is 18.9 Å². The van der Waals surface area contributed by atoms with Gasteiger partial charge in [-0.15, -0.1) is 10.2 Å². The van der Waals surface area contributed by atoms with Crippen molar-refractivity contribution in [2.24, 2.45) is 5.92 Å². The van der Waals surface area contributed by atoms with E-state index in [1.54, 1.807) is 0 Å². The van der Waals surface area contributed by atoms with E-state index in [2.05, 4.69) is 15.5 Å². The molecule has 1 aliphatic carbocycles. The van der Waals surface area contributed by atoms with Crippen molar-refractivity contribution < 1.29 is 4.79 Å². The Morgan fingerprint density at radius 2 is 2.10 bits per heavy atom. The minimum atomic E-state index is 0.129. The Balaban J connectivity index is 1.54. The maximum atomic E-state index is 12.0. The fourth-order valence-electron chi connectivity index (χ4n) is 2.91. The molecule has 0 aromatic carbocycles. The van der Waals surface area contributed by atoms with E-state index in [4.69, 9.17) is 0 Å². The molecule has 1 aliphatic rings. The van der Waals surface area contributed by atoms with Gasteiger partial charge in [0.15, 0.2) is 11.5 Å². The lowest BCUT2D eigenvalue weighted by molar-refractivity contribution is -0.122. The van der Waals surface area contributed by atoms with Gasteiger partial charge in [-0.05, 0) is 30.9 Å². The van der Waals surface area contributed by atoms with Crippen molar-refractivity contribution in [3.05, 3.63) is 30.2 Å². The topological polar surface area (TPSA) is 59.3 Å². The molecule has 0 bridgehead atoms. The number of aromatic nitrogens is 3. The molecule has 1 amide bonds. The Morgan fingerprint density at radius 1 is 1.25 bits per heavy atom. The van der Waals surface area contributed by atoms with Crippen LogP contribution in [0, 0.1) is 5.92 Å². The van der Waals surface area contributed by atoms with Crippen LogP contribution in [0.1, 0.15) is 44.3 Å². The molecular formula is C15H20N4O. The Bertz CT molecular complexity index is 586. The number of rotatable bonds is 4. The second-order valence-corrected chi connectivity index (χ2v) is 5.53. The number of carbonyl (C=O) groups is 1. The lowest BCUT2D eigenvalue weighted by Gasteiger charge is -2.20. The molecule has 2 aromatic rings. The molecule has 5 nitrogen and oxygen atoms in total. The van der Waals surface area contributed by atoms with Gasteiger partial charge in [0.05, 0.1) is 6.54 Å². The average Bonchev–Trinajstić information content (AvgIpc) is 2.89. The van der Waals surface area contributed by atoms with E-state index < -0.39 is 0 Å². The highest BCUT2D eigenvalue weighted by Crippen LogP contribution is 2.26. The molecule has 0 spiro atoms. The third-order valence-electron chi connectivity index (χ3n) is 4.03. The molecule has 1 fully saturated rings. The summed E-state index contributed by atoms with van der Waals surface area (Å²) in [5.74, 6) is 1.47. The number of fused-ring (bicyclic) bond motifs is 1. The number of hydrogen-bond donors (Lipinski definition) is 1. The average molecular weight is 272 g/mol. The Labute approximate surface area is 118 Å². The van der Waals surface area contributed by atoms with Crippen LogP contribution >= 0.6 is 0 Å². The SMILES string of the molecule is O=C(CC1CCCCC1)NCc1nnc2ccccn12. The monoisotopic (exact) mass is 272 g/mol. The van der Waals surface area contributed by atoms with Gasteiger partial charge < -0.3 is 5.32 Å². The normalized spacial score (nSPS) is 16.4. The number of pyridine rings is 1. The van der Waals surface area contributed by atoms with Gasteiger partial charge in [0.1, 0.15) is 0 Å². The molecule has 2 aromatic heterocycles. The molecular weight excluding hydrogens is 252 g/mol. The lowest BCUT2D eigenvalue weighted by atomic mass is 9.87. The Kier molecular flexibility index (Phi) is 3.95. The number of hydrogen-bond acceptors (Lipinski definition) is 3. The van der Waals surface area contributed by atoms with Gasteiger partial charge in [-0.2, -0.15) is 0 Å². The van der Waals surface area contributed by atoms with Crippen molar-refractivity contribution in [3.63, 3.8) is 0 Å². The minimum Gasteiger partial charge on any atom is -0.349 e. The summed E-state index contributed by atoms with van der Waals surface area (Å²) in [6, 6.07) is 5.76. The molecule has 0 aliphatic heterocycles. The summed E-state index contributed by atoms with van der Waals surface area (Å²) >= 11 is 0. The van der Waals surface area contributed by atoms with Gasteiger partial charge in [-0.25, -0.2) is 0 Å². The van der Waals surface area contributed by atoms with Crippen molar-refractivity contribution in [1.29, 1.82) is 0 Å². The first-order valence-corrected chi connectivity index (χ1v) is 7.38. The third kappa shape index (κ3) is 2.98. The van der Waals surface area contributed by atoms with Crippen LogP contribution in [0.15, 0.2) is 24.4 Å². The summed E-state index contributed by atoms with van der Waals surface area (Å²) < 4.78 is 1.90. The first-order valence-electron chi connectivity index (χ1n) is 7.38. The molecule has 0 radical (unpaired) electrons. The summed E-state index contributed by atoms with van der Waals surface area (Å²) in [6.07, 6.45) is 8.82. The zero-order valence-electron chi connectivity index (χ0n) is 11.6. The third-order valence-corrected chi connectivity index (χ3v) is 4.03. The summed E-state index contributed by atoms with van der Waals surface area (Å²) in [4.78, 5) is 12.0. The number of nitrogens with zero attached hydrogens (tertiary/aromatic N) is 3. The van der Waals surface area contributed by atoms with Crippen LogP contribution in [-0.4, -0.2) is 20.5 Å². The highest BCUT2D eigenvalue weighted by atomic mass is 16.1. The minimum absolute atomic E-state index is 0.129. The van der Waals surface area contributed by atoms with Crippen molar-refractivity contribution >= 4 is 11.6 Å². The lowest BCUT2D eigenvalue weighted by Crippen LogP contribution is -2.26. The molecule has 0 unspecified atom stereocenters. The molecule has 5 heteroatoms. The quantitative estimate of drug-likeness (QED) is 0.929. The first kappa shape index (κ1) is 13.1. The molecule has 106 valence electrons. The number of amides is 1. The van der Waals surface area contributed by atoms with Gasteiger partial charge in [0.2, 0.25) is 5.91 Å². The van der Waals surface area contributed by atoms with Gasteiger partial charge in [-0.3, -0.25) is 9.20 Å². The van der Waals surface area contributed by atoms with Crippen LogP contribution in [-0.2, 0) is 11.3 Å². The van der Waals surface area contributed by atoms with Crippen molar-refractivity contribution in [3.8, 4) is 0 Å². The van der Waals surface area contributed by atoms with Crippen LogP contribution in [0.5, 0.6) is 0 Å². The second kappa shape index (κ2) is 6.03. The molecule has 2 heterocycles. The zero-order valence-corrected chi connectivity index (χ0v) is 11.6. The second-order valence-electron chi connectivity index (χ2n) is 5.53. The van der Waals surface area contributed by atoms with Crippen LogP contribution < -0.4 is 5.32 Å². The molecule has 1 N–H and O–H groups in total. The molecule has 1 saturated carbocycles. The summed E-state index contributed by atoms with van der Waals surface area (Å²) in [5.41, 5.74) is 0.809. The van der Waals surface area contributed by atoms with Crippen LogP contribution in [0.4, 0.5) is 0 Å². The largest absolute Gasteiger partial charge is 0.349 e. The summed E-state index contributed by atoms with van der Waals surface area (Å²) in [6.45, 7) is 0.441. The summed E-state index contributed by atoms with van der Waals surface area (Å²) in [7, 11) is 0. The van der Waals surface area contributed by atoms with E-state index in [9.17, 15) is 4.79 Å². The molecule has 0 saturated heterocycles. The van der Waals surface area contributed by atoms with Crippen LogP contribution in [0.25, 0.3) is 5.65 Å².